The zero-order valence-corrected chi connectivity index (χ0v) is 16.7. The van der Waals surface area contributed by atoms with Gasteiger partial charge in [0, 0.05) is 19.5 Å². The molecule has 144 valence electrons. The van der Waals surface area contributed by atoms with E-state index in [4.69, 9.17) is 0 Å². The van der Waals surface area contributed by atoms with Crippen LogP contribution in [0.3, 0.4) is 0 Å². The predicted octanol–water partition coefficient (Wildman–Crippen LogP) is 4.34. The van der Waals surface area contributed by atoms with Crippen LogP contribution in [0.1, 0.15) is 76.5 Å². The average Bonchev–Trinajstić information content (AvgIpc) is 2.65. The summed E-state index contributed by atoms with van der Waals surface area (Å²) in [7, 11) is 0. The SMILES string of the molecule is CCCCCCC(=O)N(CCC)CC(=O)N1CCc2ccccc2C1C. The maximum Gasteiger partial charge on any atom is 0.242 e. The Kier molecular flexibility index (Phi) is 8.14. The van der Waals surface area contributed by atoms with E-state index < -0.39 is 0 Å². The zero-order chi connectivity index (χ0) is 18.9. The second kappa shape index (κ2) is 10.3. The lowest BCUT2D eigenvalue weighted by molar-refractivity contribution is -0.142. The van der Waals surface area contributed by atoms with Crippen molar-refractivity contribution in [2.24, 2.45) is 0 Å². The van der Waals surface area contributed by atoms with E-state index in [0.717, 1.165) is 32.2 Å². The van der Waals surface area contributed by atoms with Crippen LogP contribution >= 0.6 is 0 Å². The summed E-state index contributed by atoms with van der Waals surface area (Å²) in [6.45, 7) is 7.93. The molecule has 0 saturated heterocycles. The Morgan fingerprint density at radius 1 is 1.12 bits per heavy atom. The Hall–Kier alpha value is -1.84. The van der Waals surface area contributed by atoms with Gasteiger partial charge in [0.1, 0.15) is 0 Å². The monoisotopic (exact) mass is 358 g/mol. The Morgan fingerprint density at radius 3 is 2.62 bits per heavy atom. The van der Waals surface area contributed by atoms with Crippen molar-refractivity contribution in [3.05, 3.63) is 35.4 Å². The molecular weight excluding hydrogens is 324 g/mol. The third-order valence-electron chi connectivity index (χ3n) is 5.33. The molecular formula is C22H34N2O2. The van der Waals surface area contributed by atoms with E-state index in [9.17, 15) is 9.59 Å². The van der Waals surface area contributed by atoms with Crippen molar-refractivity contribution in [2.45, 2.75) is 71.8 Å². The molecule has 0 N–H and O–H groups in total. The normalized spacial score (nSPS) is 16.3. The number of hydrogen-bond donors (Lipinski definition) is 0. The van der Waals surface area contributed by atoms with Crippen LogP contribution in [0.2, 0.25) is 0 Å². The van der Waals surface area contributed by atoms with Crippen molar-refractivity contribution in [1.29, 1.82) is 0 Å². The zero-order valence-electron chi connectivity index (χ0n) is 16.7. The number of rotatable bonds is 9. The molecule has 0 radical (unpaired) electrons. The first kappa shape index (κ1) is 20.5. The van der Waals surface area contributed by atoms with Gasteiger partial charge < -0.3 is 9.80 Å². The predicted molar refractivity (Wildman–Crippen MR) is 106 cm³/mol. The van der Waals surface area contributed by atoms with Crippen molar-refractivity contribution >= 4 is 11.8 Å². The molecule has 2 rings (SSSR count). The molecule has 1 aromatic carbocycles. The number of fused-ring (bicyclic) bond motifs is 1. The summed E-state index contributed by atoms with van der Waals surface area (Å²) >= 11 is 0. The van der Waals surface area contributed by atoms with Gasteiger partial charge >= 0.3 is 0 Å². The van der Waals surface area contributed by atoms with Crippen LogP contribution in [-0.4, -0.2) is 41.2 Å². The van der Waals surface area contributed by atoms with Crippen LogP contribution in [0.25, 0.3) is 0 Å². The number of nitrogens with zero attached hydrogens (tertiary/aromatic N) is 2. The highest BCUT2D eigenvalue weighted by Gasteiger charge is 2.28. The molecule has 0 fully saturated rings. The van der Waals surface area contributed by atoms with Gasteiger partial charge in [-0.05, 0) is 37.3 Å². The Balaban J connectivity index is 1.95. The van der Waals surface area contributed by atoms with Crippen molar-refractivity contribution in [3.8, 4) is 0 Å². The summed E-state index contributed by atoms with van der Waals surface area (Å²) < 4.78 is 0. The van der Waals surface area contributed by atoms with Gasteiger partial charge in [0.2, 0.25) is 11.8 Å². The molecule has 0 aromatic heterocycles. The highest BCUT2D eigenvalue weighted by molar-refractivity contribution is 5.85. The summed E-state index contributed by atoms with van der Waals surface area (Å²) in [5.41, 5.74) is 2.57. The van der Waals surface area contributed by atoms with Crippen LogP contribution < -0.4 is 0 Å². The summed E-state index contributed by atoms with van der Waals surface area (Å²) in [5, 5.41) is 0. The van der Waals surface area contributed by atoms with E-state index in [2.05, 4.69) is 39.0 Å². The fourth-order valence-electron chi connectivity index (χ4n) is 3.79. The minimum atomic E-state index is 0.0716. The van der Waals surface area contributed by atoms with Gasteiger partial charge in [0.05, 0.1) is 12.6 Å². The molecule has 4 nitrogen and oxygen atoms in total. The summed E-state index contributed by atoms with van der Waals surface area (Å²) in [6.07, 6.45) is 6.69. The molecule has 4 heteroatoms. The van der Waals surface area contributed by atoms with Crippen LogP contribution in [0.15, 0.2) is 24.3 Å². The molecule has 1 aromatic rings. The molecule has 26 heavy (non-hydrogen) atoms. The third kappa shape index (κ3) is 5.33. The third-order valence-corrected chi connectivity index (χ3v) is 5.33. The highest BCUT2D eigenvalue weighted by Crippen LogP contribution is 2.29. The second-order valence-corrected chi connectivity index (χ2v) is 7.34. The van der Waals surface area contributed by atoms with E-state index in [1.807, 2.05) is 11.0 Å². The van der Waals surface area contributed by atoms with Gasteiger partial charge in [-0.3, -0.25) is 9.59 Å². The van der Waals surface area contributed by atoms with Crippen LogP contribution in [-0.2, 0) is 16.0 Å². The van der Waals surface area contributed by atoms with Crippen molar-refractivity contribution < 1.29 is 9.59 Å². The fourth-order valence-corrected chi connectivity index (χ4v) is 3.79. The fraction of sp³-hybridized carbons (Fsp3) is 0.636. The quantitative estimate of drug-likeness (QED) is 0.616. The number of carbonyl (C=O) groups is 2. The Morgan fingerprint density at radius 2 is 1.88 bits per heavy atom. The van der Waals surface area contributed by atoms with Crippen molar-refractivity contribution in [2.75, 3.05) is 19.6 Å². The van der Waals surface area contributed by atoms with Crippen LogP contribution in [0, 0.1) is 0 Å². The standard InChI is InChI=1S/C22H34N2O2/c1-4-6-7-8-13-21(25)23(15-5-2)17-22(26)24-16-14-19-11-9-10-12-20(19)18(24)3/h9-12,18H,4-8,13-17H2,1-3H3. The number of carbonyl (C=O) groups excluding carboxylic acids is 2. The second-order valence-electron chi connectivity index (χ2n) is 7.34. The Bertz CT molecular complexity index is 600. The summed E-state index contributed by atoms with van der Waals surface area (Å²) in [6, 6.07) is 8.44. The van der Waals surface area contributed by atoms with Gasteiger partial charge in [0.15, 0.2) is 0 Å². The summed E-state index contributed by atoms with van der Waals surface area (Å²) in [4.78, 5) is 29.2. The minimum Gasteiger partial charge on any atom is -0.334 e. The molecule has 0 saturated carbocycles. The number of benzene rings is 1. The van der Waals surface area contributed by atoms with Crippen LogP contribution in [0.5, 0.6) is 0 Å². The first-order valence-corrected chi connectivity index (χ1v) is 10.2. The average molecular weight is 359 g/mol. The van der Waals surface area contributed by atoms with Gasteiger partial charge in [-0.25, -0.2) is 0 Å². The van der Waals surface area contributed by atoms with Crippen molar-refractivity contribution in [1.82, 2.24) is 9.80 Å². The summed E-state index contributed by atoms with van der Waals surface area (Å²) in [5.74, 6) is 0.198. The van der Waals surface area contributed by atoms with Crippen LogP contribution in [0.4, 0.5) is 0 Å². The van der Waals surface area contributed by atoms with E-state index in [-0.39, 0.29) is 24.4 Å². The number of unbranched alkanes of at least 4 members (excludes halogenated alkanes) is 3. The largest absolute Gasteiger partial charge is 0.334 e. The van der Waals surface area contributed by atoms with Gasteiger partial charge in [-0.15, -0.1) is 0 Å². The van der Waals surface area contributed by atoms with E-state index in [0.29, 0.717) is 13.0 Å². The highest BCUT2D eigenvalue weighted by atomic mass is 16.2. The van der Waals surface area contributed by atoms with E-state index in [1.165, 1.54) is 24.0 Å². The molecule has 1 aliphatic rings. The molecule has 0 aliphatic carbocycles. The first-order valence-electron chi connectivity index (χ1n) is 10.2. The lowest BCUT2D eigenvalue weighted by atomic mass is 9.93. The van der Waals surface area contributed by atoms with Gasteiger partial charge in [0.25, 0.3) is 0 Å². The van der Waals surface area contributed by atoms with Gasteiger partial charge in [-0.2, -0.15) is 0 Å². The lowest BCUT2D eigenvalue weighted by Gasteiger charge is -2.36. The van der Waals surface area contributed by atoms with E-state index >= 15 is 0 Å². The first-order chi connectivity index (χ1) is 12.6. The number of hydrogen-bond acceptors (Lipinski definition) is 2. The molecule has 1 aliphatic heterocycles. The molecule has 0 bridgehead atoms. The lowest BCUT2D eigenvalue weighted by Crippen LogP contribution is -2.46. The molecule has 1 unspecified atom stereocenters. The maximum atomic E-state index is 12.9. The van der Waals surface area contributed by atoms with Crippen molar-refractivity contribution in [3.63, 3.8) is 0 Å². The molecule has 1 heterocycles. The minimum absolute atomic E-state index is 0.0716. The molecule has 0 spiro atoms. The topological polar surface area (TPSA) is 40.6 Å². The maximum absolute atomic E-state index is 12.9. The van der Waals surface area contributed by atoms with Gasteiger partial charge in [-0.1, -0.05) is 57.4 Å². The smallest absolute Gasteiger partial charge is 0.242 e. The van der Waals surface area contributed by atoms with E-state index in [1.54, 1.807) is 4.90 Å². The molecule has 1 atom stereocenters. The molecule has 2 amide bonds. The number of amides is 2. The Labute approximate surface area is 158 Å².